The molecule has 0 saturated carbocycles. The predicted molar refractivity (Wildman–Crippen MR) is 161 cm³/mol. The van der Waals surface area contributed by atoms with Gasteiger partial charge in [0.15, 0.2) is 0 Å². The van der Waals surface area contributed by atoms with Crippen LogP contribution in [0.2, 0.25) is 10.0 Å². The van der Waals surface area contributed by atoms with Crippen LogP contribution in [0.1, 0.15) is 43.9 Å². The first-order chi connectivity index (χ1) is 18.8. The summed E-state index contributed by atoms with van der Waals surface area (Å²) in [6, 6.07) is 17.2. The van der Waals surface area contributed by atoms with Crippen molar-refractivity contribution in [2.24, 2.45) is 0 Å². The summed E-state index contributed by atoms with van der Waals surface area (Å²) in [5, 5.41) is 3.68. The minimum Gasteiger partial charge on any atom is -0.352 e. The number of amides is 2. The highest BCUT2D eigenvalue weighted by molar-refractivity contribution is 7.92. The van der Waals surface area contributed by atoms with E-state index in [4.69, 9.17) is 23.2 Å². The molecule has 0 radical (unpaired) electrons. The molecule has 3 rings (SSSR count). The fourth-order valence-corrected chi connectivity index (χ4v) is 5.84. The van der Waals surface area contributed by atoms with Crippen LogP contribution in [0.25, 0.3) is 0 Å². The number of benzene rings is 3. The van der Waals surface area contributed by atoms with Crippen LogP contribution in [-0.4, -0.2) is 43.8 Å². The first-order valence-electron chi connectivity index (χ1n) is 13.0. The van der Waals surface area contributed by atoms with Gasteiger partial charge in [-0.25, -0.2) is 8.42 Å². The lowest BCUT2D eigenvalue weighted by molar-refractivity contribution is -0.139. The summed E-state index contributed by atoms with van der Waals surface area (Å²) in [7, 11) is -4.13. The topological polar surface area (TPSA) is 86.8 Å². The molecule has 0 aliphatic carbocycles. The van der Waals surface area contributed by atoms with E-state index in [2.05, 4.69) is 5.32 Å². The van der Waals surface area contributed by atoms with Gasteiger partial charge in [-0.05, 0) is 76.1 Å². The smallest absolute Gasteiger partial charge is 0.264 e. The van der Waals surface area contributed by atoms with E-state index < -0.39 is 28.5 Å². The monoisotopic (exact) mass is 603 g/mol. The zero-order chi connectivity index (χ0) is 29.6. The maximum absolute atomic E-state index is 14.0. The molecule has 40 heavy (non-hydrogen) atoms. The number of halogens is 2. The van der Waals surface area contributed by atoms with Crippen LogP contribution in [-0.2, 0) is 26.2 Å². The molecule has 214 valence electrons. The molecule has 2 amide bonds. The van der Waals surface area contributed by atoms with Gasteiger partial charge in [-0.15, -0.1) is 0 Å². The third-order valence-corrected chi connectivity index (χ3v) is 9.11. The highest BCUT2D eigenvalue weighted by atomic mass is 35.5. The molecule has 3 aromatic carbocycles. The van der Waals surface area contributed by atoms with E-state index in [0.717, 1.165) is 15.4 Å². The zero-order valence-electron chi connectivity index (χ0n) is 23.3. The van der Waals surface area contributed by atoms with E-state index in [1.165, 1.54) is 17.0 Å². The molecule has 2 atom stereocenters. The molecular weight excluding hydrogens is 569 g/mol. The Morgan fingerprint density at radius 3 is 2.02 bits per heavy atom. The van der Waals surface area contributed by atoms with Gasteiger partial charge in [0.1, 0.15) is 12.6 Å². The molecular formula is C30H35Cl2N3O4S. The average Bonchev–Trinajstić information content (AvgIpc) is 2.91. The number of hydrogen-bond donors (Lipinski definition) is 1. The number of aryl methyl sites for hydroxylation is 2. The Hall–Kier alpha value is -3.07. The Morgan fingerprint density at radius 2 is 1.48 bits per heavy atom. The van der Waals surface area contributed by atoms with Crippen LogP contribution in [0.4, 0.5) is 5.69 Å². The lowest BCUT2D eigenvalue weighted by Gasteiger charge is -2.32. The average molecular weight is 605 g/mol. The highest BCUT2D eigenvalue weighted by Crippen LogP contribution is 2.27. The van der Waals surface area contributed by atoms with Crippen molar-refractivity contribution in [2.45, 2.75) is 64.6 Å². The van der Waals surface area contributed by atoms with Gasteiger partial charge in [-0.2, -0.15) is 0 Å². The number of nitrogens with one attached hydrogen (secondary N) is 1. The van der Waals surface area contributed by atoms with Crippen LogP contribution in [0.5, 0.6) is 0 Å². The summed E-state index contributed by atoms with van der Waals surface area (Å²) in [5.74, 6) is -0.912. The number of nitrogens with zero attached hydrogens (tertiary/aromatic N) is 2. The third kappa shape index (κ3) is 7.77. The molecule has 0 spiro atoms. The number of hydrogen-bond acceptors (Lipinski definition) is 4. The SMILES string of the molecule is CC[C@@H](C)NC(=O)[C@@H](C)N(Cc1ccc(Cl)cc1Cl)C(=O)CN(c1ccc(C)cc1)S(=O)(=O)c1ccc(C)cc1. The largest absolute Gasteiger partial charge is 0.352 e. The minimum atomic E-state index is -4.13. The van der Waals surface area contributed by atoms with Gasteiger partial charge >= 0.3 is 0 Å². The van der Waals surface area contributed by atoms with E-state index in [1.807, 2.05) is 27.7 Å². The number of sulfonamides is 1. The Morgan fingerprint density at radius 1 is 0.900 bits per heavy atom. The number of rotatable bonds is 11. The van der Waals surface area contributed by atoms with Crippen molar-refractivity contribution in [2.75, 3.05) is 10.8 Å². The molecule has 3 aromatic rings. The summed E-state index contributed by atoms with van der Waals surface area (Å²) in [6.45, 7) is 8.65. The van der Waals surface area contributed by atoms with E-state index in [-0.39, 0.29) is 23.4 Å². The van der Waals surface area contributed by atoms with Gasteiger partial charge in [0.05, 0.1) is 10.6 Å². The Kier molecular flexibility index (Phi) is 10.6. The van der Waals surface area contributed by atoms with Crippen molar-refractivity contribution >= 4 is 50.7 Å². The van der Waals surface area contributed by atoms with Crippen molar-refractivity contribution < 1.29 is 18.0 Å². The van der Waals surface area contributed by atoms with Crippen LogP contribution < -0.4 is 9.62 Å². The van der Waals surface area contributed by atoms with E-state index in [0.29, 0.717) is 27.7 Å². The second-order valence-corrected chi connectivity index (χ2v) is 12.6. The minimum absolute atomic E-state index is 0.0176. The van der Waals surface area contributed by atoms with Crippen LogP contribution in [0, 0.1) is 13.8 Å². The van der Waals surface area contributed by atoms with Crippen molar-refractivity contribution in [3.63, 3.8) is 0 Å². The van der Waals surface area contributed by atoms with Crippen molar-refractivity contribution in [3.8, 4) is 0 Å². The third-order valence-electron chi connectivity index (χ3n) is 6.73. The number of carbonyl (C=O) groups excluding carboxylic acids is 2. The van der Waals surface area contributed by atoms with Crippen LogP contribution in [0.3, 0.4) is 0 Å². The zero-order valence-corrected chi connectivity index (χ0v) is 25.6. The molecule has 1 N–H and O–H groups in total. The normalized spacial score (nSPS) is 12.9. The first-order valence-corrected chi connectivity index (χ1v) is 15.2. The Bertz CT molecular complexity index is 1440. The molecule has 0 heterocycles. The Labute approximate surface area is 247 Å². The molecule has 0 fully saturated rings. The molecule has 0 bridgehead atoms. The van der Waals surface area contributed by atoms with E-state index >= 15 is 0 Å². The van der Waals surface area contributed by atoms with Crippen molar-refractivity contribution in [1.82, 2.24) is 10.2 Å². The molecule has 0 saturated heterocycles. The molecule has 0 unspecified atom stereocenters. The summed E-state index contributed by atoms with van der Waals surface area (Å²) >= 11 is 12.5. The fourth-order valence-electron chi connectivity index (χ4n) is 3.96. The quantitative estimate of drug-likeness (QED) is 0.285. The van der Waals surface area contributed by atoms with Crippen LogP contribution >= 0.6 is 23.2 Å². The van der Waals surface area contributed by atoms with Gasteiger partial charge in [0.2, 0.25) is 11.8 Å². The first kappa shape index (κ1) is 31.5. The number of anilines is 1. The second kappa shape index (κ2) is 13.5. The lowest BCUT2D eigenvalue weighted by Crippen LogP contribution is -2.52. The van der Waals surface area contributed by atoms with Gasteiger partial charge in [0, 0.05) is 22.6 Å². The standard InChI is InChI=1S/C30H35Cl2N3O4S/c1-6-22(4)33-30(37)23(5)34(18-24-11-12-25(31)17-28(24)32)29(36)19-35(26-13-7-20(2)8-14-26)40(38,39)27-15-9-21(3)10-16-27/h7-17,22-23H,6,18-19H2,1-5H3,(H,33,37)/t22-,23-/m1/s1. The van der Waals surface area contributed by atoms with Gasteiger partial charge in [-0.3, -0.25) is 13.9 Å². The summed E-state index contributed by atoms with van der Waals surface area (Å²) in [6.07, 6.45) is 0.714. The van der Waals surface area contributed by atoms with Gasteiger partial charge in [-0.1, -0.05) is 71.6 Å². The molecule has 7 nitrogen and oxygen atoms in total. The summed E-state index contributed by atoms with van der Waals surface area (Å²) in [5.41, 5.74) is 2.76. The van der Waals surface area contributed by atoms with Crippen LogP contribution in [0.15, 0.2) is 71.6 Å². The number of carbonyl (C=O) groups is 2. The molecule has 10 heteroatoms. The summed E-state index contributed by atoms with van der Waals surface area (Å²) in [4.78, 5) is 28.5. The predicted octanol–water partition coefficient (Wildman–Crippen LogP) is 6.14. The van der Waals surface area contributed by atoms with Crippen molar-refractivity contribution in [3.05, 3.63) is 93.5 Å². The van der Waals surface area contributed by atoms with Gasteiger partial charge < -0.3 is 10.2 Å². The Balaban J connectivity index is 2.04. The highest BCUT2D eigenvalue weighted by Gasteiger charge is 2.33. The molecule has 0 aromatic heterocycles. The van der Waals surface area contributed by atoms with Crippen molar-refractivity contribution in [1.29, 1.82) is 0 Å². The lowest BCUT2D eigenvalue weighted by atomic mass is 10.1. The fraction of sp³-hybridized carbons (Fsp3) is 0.333. The van der Waals surface area contributed by atoms with Gasteiger partial charge in [0.25, 0.3) is 10.0 Å². The maximum Gasteiger partial charge on any atom is 0.264 e. The second-order valence-electron chi connectivity index (χ2n) is 9.91. The maximum atomic E-state index is 14.0. The van der Waals surface area contributed by atoms with E-state index in [1.54, 1.807) is 61.5 Å². The van der Waals surface area contributed by atoms with E-state index in [9.17, 15) is 18.0 Å². The molecule has 0 aliphatic rings. The summed E-state index contributed by atoms with van der Waals surface area (Å²) < 4.78 is 28.8. The molecule has 0 aliphatic heterocycles.